The van der Waals surface area contributed by atoms with Crippen molar-refractivity contribution in [1.82, 2.24) is 9.55 Å². The van der Waals surface area contributed by atoms with Crippen molar-refractivity contribution in [2.24, 2.45) is 0 Å². The van der Waals surface area contributed by atoms with Gasteiger partial charge in [0, 0.05) is 11.1 Å². The lowest BCUT2D eigenvalue weighted by Gasteiger charge is -2.20. The van der Waals surface area contributed by atoms with Crippen molar-refractivity contribution < 1.29 is 19.4 Å². The Morgan fingerprint density at radius 2 is 1.86 bits per heavy atom. The van der Waals surface area contributed by atoms with Crippen molar-refractivity contribution in [3.05, 3.63) is 60.4 Å². The summed E-state index contributed by atoms with van der Waals surface area (Å²) in [6, 6.07) is 14.8. The molecule has 0 unspecified atom stereocenters. The molecule has 3 rings (SSSR count). The third-order valence-corrected chi connectivity index (χ3v) is 4.97. The first kappa shape index (κ1) is 20.6. The molecule has 1 atom stereocenters. The summed E-state index contributed by atoms with van der Waals surface area (Å²) in [4.78, 5) is 16.9. The first-order chi connectivity index (χ1) is 14.0. The molecule has 6 nitrogen and oxygen atoms in total. The Kier molecular flexibility index (Phi) is 6.34. The Hall–Kier alpha value is -3.12. The highest BCUT2D eigenvalue weighted by Gasteiger charge is 2.27. The smallest absolute Gasteiger partial charge is 0.331 e. The second kappa shape index (κ2) is 8.92. The van der Waals surface area contributed by atoms with Crippen LogP contribution in [0.15, 0.2) is 54.9 Å². The molecule has 0 radical (unpaired) electrons. The van der Waals surface area contributed by atoms with E-state index in [0.29, 0.717) is 23.1 Å². The summed E-state index contributed by atoms with van der Waals surface area (Å²) in [5, 5.41) is 9.92. The minimum atomic E-state index is -0.910. The van der Waals surface area contributed by atoms with Crippen LogP contribution in [-0.4, -0.2) is 41.5 Å². The van der Waals surface area contributed by atoms with Crippen LogP contribution < -0.4 is 4.74 Å². The van der Waals surface area contributed by atoms with Gasteiger partial charge in [-0.3, -0.25) is 0 Å². The topological polar surface area (TPSA) is 73.6 Å². The number of ether oxygens (including phenoxy) is 2. The molecule has 0 saturated heterocycles. The molecule has 0 fully saturated rings. The molecule has 6 heteroatoms. The molecular weight excluding hydrogens is 368 g/mol. The van der Waals surface area contributed by atoms with Crippen molar-refractivity contribution >= 4 is 5.97 Å². The lowest BCUT2D eigenvalue weighted by molar-refractivity contribution is -0.145. The molecule has 0 saturated carbocycles. The van der Waals surface area contributed by atoms with Crippen LogP contribution in [0, 0.1) is 0 Å². The molecule has 152 valence electrons. The van der Waals surface area contributed by atoms with Crippen LogP contribution in [0.3, 0.4) is 0 Å². The average Bonchev–Trinajstić information content (AvgIpc) is 3.18. The van der Waals surface area contributed by atoms with E-state index in [1.807, 2.05) is 42.5 Å². The Balaban J connectivity index is 2.32. The highest BCUT2D eigenvalue weighted by atomic mass is 16.5. The van der Waals surface area contributed by atoms with Gasteiger partial charge in [-0.1, -0.05) is 50.2 Å². The normalized spacial score (nSPS) is 12.1. The summed E-state index contributed by atoms with van der Waals surface area (Å²) in [5.74, 6) is 0.435. The zero-order valence-corrected chi connectivity index (χ0v) is 17.1. The van der Waals surface area contributed by atoms with Gasteiger partial charge in [-0.15, -0.1) is 0 Å². The van der Waals surface area contributed by atoms with E-state index in [1.165, 1.54) is 7.11 Å². The number of nitrogens with zero attached hydrogens (tertiary/aromatic N) is 2. The van der Waals surface area contributed by atoms with E-state index in [9.17, 15) is 9.90 Å². The SMILES string of the molecule is COC(=O)[C@H](CO)n1cnc(-c2ccccc2)c1-c1cc(C(C)C)ccc1OC. The number of hydrogen-bond acceptors (Lipinski definition) is 5. The Bertz CT molecular complexity index is 980. The third-order valence-electron chi connectivity index (χ3n) is 4.97. The number of carbonyl (C=O) groups is 1. The molecule has 1 heterocycles. The van der Waals surface area contributed by atoms with Gasteiger partial charge in [0.05, 0.1) is 38.5 Å². The average molecular weight is 394 g/mol. The van der Waals surface area contributed by atoms with Crippen molar-refractivity contribution in [2.45, 2.75) is 25.8 Å². The van der Waals surface area contributed by atoms with Gasteiger partial charge in [0.25, 0.3) is 0 Å². The quantitative estimate of drug-likeness (QED) is 0.612. The van der Waals surface area contributed by atoms with Crippen LogP contribution in [0.2, 0.25) is 0 Å². The van der Waals surface area contributed by atoms with Crippen molar-refractivity contribution in [1.29, 1.82) is 0 Å². The number of methoxy groups -OCH3 is 2. The van der Waals surface area contributed by atoms with Gasteiger partial charge in [-0.2, -0.15) is 0 Å². The maximum atomic E-state index is 12.3. The van der Waals surface area contributed by atoms with Gasteiger partial charge >= 0.3 is 5.97 Å². The van der Waals surface area contributed by atoms with Crippen LogP contribution in [0.4, 0.5) is 0 Å². The molecule has 0 spiro atoms. The van der Waals surface area contributed by atoms with Gasteiger partial charge in [0.2, 0.25) is 0 Å². The number of esters is 1. The fourth-order valence-corrected chi connectivity index (χ4v) is 3.35. The van der Waals surface area contributed by atoms with E-state index in [1.54, 1.807) is 18.0 Å². The summed E-state index contributed by atoms with van der Waals surface area (Å²) in [7, 11) is 2.92. The lowest BCUT2D eigenvalue weighted by Crippen LogP contribution is -2.24. The zero-order valence-electron chi connectivity index (χ0n) is 17.1. The number of aliphatic hydroxyl groups is 1. The maximum absolute atomic E-state index is 12.3. The summed E-state index contributed by atoms with van der Waals surface area (Å²) in [6.45, 7) is 3.83. The molecule has 0 aliphatic rings. The van der Waals surface area contributed by atoms with E-state index in [2.05, 4.69) is 24.9 Å². The maximum Gasteiger partial charge on any atom is 0.331 e. The molecule has 29 heavy (non-hydrogen) atoms. The first-order valence-corrected chi connectivity index (χ1v) is 9.51. The van der Waals surface area contributed by atoms with Crippen molar-refractivity contribution in [3.8, 4) is 28.3 Å². The minimum Gasteiger partial charge on any atom is -0.496 e. The number of hydrogen-bond donors (Lipinski definition) is 1. The van der Waals surface area contributed by atoms with Gasteiger partial charge in [-0.05, 0) is 23.6 Å². The molecule has 0 bridgehead atoms. The van der Waals surface area contributed by atoms with Gasteiger partial charge in [-0.25, -0.2) is 9.78 Å². The standard InChI is InChI=1S/C23H26N2O4/c1-15(2)17-10-11-20(28-3)18(12-17)22-21(16-8-6-5-7-9-16)24-14-25(22)19(13-26)23(27)29-4/h5-12,14-15,19,26H,13H2,1-4H3/t19-/m0/s1. The highest BCUT2D eigenvalue weighted by Crippen LogP contribution is 2.39. The van der Waals surface area contributed by atoms with Crippen LogP contribution >= 0.6 is 0 Å². The van der Waals surface area contributed by atoms with Crippen LogP contribution in [0.5, 0.6) is 5.75 Å². The highest BCUT2D eigenvalue weighted by molar-refractivity contribution is 5.84. The van der Waals surface area contributed by atoms with Crippen molar-refractivity contribution in [2.75, 3.05) is 20.8 Å². The van der Waals surface area contributed by atoms with Crippen LogP contribution in [-0.2, 0) is 9.53 Å². The summed E-state index contributed by atoms with van der Waals surface area (Å²) in [5.41, 5.74) is 4.23. The number of aliphatic hydroxyl groups excluding tert-OH is 1. The van der Waals surface area contributed by atoms with E-state index in [0.717, 1.165) is 16.7 Å². The Morgan fingerprint density at radius 1 is 1.14 bits per heavy atom. The second-order valence-corrected chi connectivity index (χ2v) is 7.05. The van der Waals surface area contributed by atoms with Gasteiger partial charge in [0.1, 0.15) is 5.75 Å². The van der Waals surface area contributed by atoms with Gasteiger partial charge < -0.3 is 19.1 Å². The number of benzene rings is 2. The molecule has 3 aromatic rings. The molecule has 0 aliphatic carbocycles. The van der Waals surface area contributed by atoms with E-state index >= 15 is 0 Å². The fraction of sp³-hybridized carbons (Fsp3) is 0.304. The predicted molar refractivity (Wildman–Crippen MR) is 112 cm³/mol. The Morgan fingerprint density at radius 3 is 2.45 bits per heavy atom. The number of rotatable bonds is 7. The molecule has 2 aromatic carbocycles. The van der Waals surface area contributed by atoms with E-state index in [-0.39, 0.29) is 0 Å². The summed E-state index contributed by atoms with van der Waals surface area (Å²) >= 11 is 0. The van der Waals surface area contributed by atoms with Crippen molar-refractivity contribution in [3.63, 3.8) is 0 Å². The molecule has 1 N–H and O–H groups in total. The number of carbonyl (C=O) groups excluding carboxylic acids is 1. The summed E-state index contributed by atoms with van der Waals surface area (Å²) in [6.07, 6.45) is 1.57. The van der Waals surface area contributed by atoms with E-state index < -0.39 is 18.6 Å². The Labute approximate surface area is 170 Å². The second-order valence-electron chi connectivity index (χ2n) is 7.05. The fourth-order valence-electron chi connectivity index (χ4n) is 3.35. The van der Waals surface area contributed by atoms with Crippen LogP contribution in [0.1, 0.15) is 31.4 Å². The largest absolute Gasteiger partial charge is 0.496 e. The molecule has 0 amide bonds. The zero-order chi connectivity index (χ0) is 21.0. The monoisotopic (exact) mass is 394 g/mol. The van der Waals surface area contributed by atoms with Gasteiger partial charge in [0.15, 0.2) is 6.04 Å². The number of aromatic nitrogens is 2. The van der Waals surface area contributed by atoms with Crippen LogP contribution in [0.25, 0.3) is 22.5 Å². The lowest BCUT2D eigenvalue weighted by atomic mass is 9.96. The molecule has 0 aliphatic heterocycles. The van der Waals surface area contributed by atoms with E-state index in [4.69, 9.17) is 9.47 Å². The molecular formula is C23H26N2O4. The number of imidazole rings is 1. The first-order valence-electron chi connectivity index (χ1n) is 9.51. The summed E-state index contributed by atoms with van der Waals surface area (Å²) < 4.78 is 12.2. The third kappa shape index (κ3) is 4.03. The molecule has 1 aromatic heterocycles. The minimum absolute atomic E-state index is 0.311. The predicted octanol–water partition coefficient (Wildman–Crippen LogP) is 4.06.